The first-order chi connectivity index (χ1) is 16.5. The number of rotatable bonds is 11. The molecule has 0 saturated carbocycles. The summed E-state index contributed by atoms with van der Waals surface area (Å²) < 4.78 is 6.77. The number of hydrogen-bond donors (Lipinski definition) is 1. The zero-order valence-corrected chi connectivity index (χ0v) is 21.7. The number of amides is 2. The van der Waals surface area contributed by atoms with Gasteiger partial charge in [-0.15, -0.1) is 0 Å². The van der Waals surface area contributed by atoms with Crippen LogP contribution in [0, 0.1) is 6.92 Å². The molecule has 0 fully saturated rings. The second-order valence-electron chi connectivity index (χ2n) is 8.40. The molecule has 2 amide bonds. The third kappa shape index (κ3) is 6.38. The fourth-order valence-corrected chi connectivity index (χ4v) is 4.55. The average Bonchev–Trinajstić information content (AvgIpc) is 2.85. The van der Waals surface area contributed by atoms with Crippen molar-refractivity contribution < 1.29 is 14.3 Å². The van der Waals surface area contributed by atoms with Crippen LogP contribution in [-0.2, 0) is 16.1 Å². The van der Waals surface area contributed by atoms with Crippen molar-refractivity contribution in [2.75, 3.05) is 13.2 Å². The van der Waals surface area contributed by atoms with Gasteiger partial charge in [-0.05, 0) is 63.7 Å². The van der Waals surface area contributed by atoms with Crippen LogP contribution in [0.5, 0.6) is 5.75 Å². The second kappa shape index (κ2) is 12.6. The Morgan fingerprint density at radius 3 is 2.50 bits per heavy atom. The van der Waals surface area contributed by atoms with Crippen LogP contribution in [0.3, 0.4) is 0 Å². The van der Waals surface area contributed by atoms with E-state index in [0.29, 0.717) is 25.3 Å². The molecule has 0 bridgehead atoms. The maximum atomic E-state index is 13.4. The fraction of sp³-hybridized carbons (Fsp3) is 0.357. The Balaban J connectivity index is 1.81. The van der Waals surface area contributed by atoms with E-state index in [1.54, 1.807) is 4.90 Å². The van der Waals surface area contributed by atoms with Gasteiger partial charge in [0.15, 0.2) is 6.61 Å². The molecule has 5 nitrogen and oxygen atoms in total. The van der Waals surface area contributed by atoms with Gasteiger partial charge in [-0.2, -0.15) is 0 Å². The number of unbranched alkanes of at least 4 members (excludes halogenated alkanes) is 1. The van der Waals surface area contributed by atoms with Gasteiger partial charge in [0.1, 0.15) is 11.8 Å². The van der Waals surface area contributed by atoms with Gasteiger partial charge in [0.05, 0.1) is 4.47 Å². The minimum absolute atomic E-state index is 0.121. The molecule has 0 spiro atoms. The smallest absolute Gasteiger partial charge is 0.261 e. The number of hydrogen-bond acceptors (Lipinski definition) is 3. The minimum atomic E-state index is -0.562. The number of nitrogens with one attached hydrogen (secondary N) is 1. The second-order valence-corrected chi connectivity index (χ2v) is 9.20. The monoisotopic (exact) mass is 524 g/mol. The largest absolute Gasteiger partial charge is 0.483 e. The molecule has 0 unspecified atom stereocenters. The Morgan fingerprint density at radius 2 is 1.76 bits per heavy atom. The molecule has 34 heavy (non-hydrogen) atoms. The average molecular weight is 525 g/mol. The zero-order chi connectivity index (χ0) is 24.5. The van der Waals surface area contributed by atoms with Crippen LogP contribution in [0.15, 0.2) is 65.1 Å². The molecule has 1 N–H and O–H groups in total. The van der Waals surface area contributed by atoms with Crippen molar-refractivity contribution in [1.82, 2.24) is 10.2 Å². The van der Waals surface area contributed by atoms with E-state index in [0.717, 1.165) is 39.2 Å². The third-order valence-electron chi connectivity index (χ3n) is 6.00. The Labute approximate surface area is 210 Å². The summed E-state index contributed by atoms with van der Waals surface area (Å²) in [5.41, 5.74) is 2.10. The summed E-state index contributed by atoms with van der Waals surface area (Å²) in [6.45, 7) is 6.85. The summed E-state index contributed by atoms with van der Waals surface area (Å²) in [7, 11) is 0. The van der Waals surface area contributed by atoms with E-state index < -0.39 is 6.04 Å². The normalized spacial score (nSPS) is 11.8. The number of benzene rings is 3. The summed E-state index contributed by atoms with van der Waals surface area (Å²) in [5.74, 6) is 0.258. The molecule has 180 valence electrons. The number of aryl methyl sites for hydroxylation is 1. The minimum Gasteiger partial charge on any atom is -0.483 e. The summed E-state index contributed by atoms with van der Waals surface area (Å²) in [5, 5.41) is 5.10. The lowest BCUT2D eigenvalue weighted by Gasteiger charge is -2.31. The molecular formula is C28H33BrN2O3. The van der Waals surface area contributed by atoms with Crippen LogP contribution in [0.2, 0.25) is 0 Å². The number of ether oxygens (including phenoxy) is 1. The van der Waals surface area contributed by atoms with Crippen molar-refractivity contribution in [2.45, 2.75) is 52.6 Å². The lowest BCUT2D eigenvalue weighted by atomic mass is 10.1. The molecule has 0 aliphatic heterocycles. The van der Waals surface area contributed by atoms with Crippen LogP contribution in [-0.4, -0.2) is 35.9 Å². The van der Waals surface area contributed by atoms with E-state index in [2.05, 4.69) is 28.2 Å². The van der Waals surface area contributed by atoms with Crippen LogP contribution >= 0.6 is 15.9 Å². The lowest BCUT2D eigenvalue weighted by Crippen LogP contribution is -2.50. The van der Waals surface area contributed by atoms with Gasteiger partial charge in [-0.3, -0.25) is 9.59 Å². The van der Waals surface area contributed by atoms with Gasteiger partial charge in [0.2, 0.25) is 5.91 Å². The number of halogens is 1. The molecular weight excluding hydrogens is 492 g/mol. The van der Waals surface area contributed by atoms with Crippen LogP contribution in [0.25, 0.3) is 10.8 Å². The number of fused-ring (bicyclic) bond motifs is 1. The molecule has 0 saturated heterocycles. The maximum Gasteiger partial charge on any atom is 0.261 e. The molecule has 6 heteroatoms. The van der Waals surface area contributed by atoms with Crippen molar-refractivity contribution in [3.8, 4) is 5.75 Å². The molecule has 0 radical (unpaired) electrons. The van der Waals surface area contributed by atoms with Crippen LogP contribution < -0.4 is 10.1 Å². The molecule has 0 aromatic heterocycles. The number of carbonyl (C=O) groups excluding carboxylic acids is 2. The van der Waals surface area contributed by atoms with Crippen molar-refractivity contribution in [3.05, 3.63) is 76.3 Å². The molecule has 0 aliphatic carbocycles. The van der Waals surface area contributed by atoms with Gasteiger partial charge >= 0.3 is 0 Å². The third-order valence-corrected chi connectivity index (χ3v) is 6.81. The SMILES string of the molecule is CCCCNC(=O)[C@@H](CC)N(Cc1ccccc1C)C(=O)COc1ccc2ccccc2c1Br. The molecule has 3 rings (SSSR count). The quantitative estimate of drug-likeness (QED) is 0.312. The maximum absolute atomic E-state index is 13.4. The topological polar surface area (TPSA) is 58.6 Å². The summed E-state index contributed by atoms with van der Waals surface area (Å²) in [4.78, 5) is 28.1. The van der Waals surface area contributed by atoms with Gasteiger partial charge < -0.3 is 15.0 Å². The predicted molar refractivity (Wildman–Crippen MR) is 141 cm³/mol. The Bertz CT molecular complexity index is 1130. The summed E-state index contributed by atoms with van der Waals surface area (Å²) in [6.07, 6.45) is 2.43. The zero-order valence-electron chi connectivity index (χ0n) is 20.1. The van der Waals surface area contributed by atoms with Crippen molar-refractivity contribution in [2.24, 2.45) is 0 Å². The highest BCUT2D eigenvalue weighted by atomic mass is 79.9. The molecule has 0 aliphatic rings. The van der Waals surface area contributed by atoms with Crippen LogP contribution in [0.1, 0.15) is 44.2 Å². The van der Waals surface area contributed by atoms with Crippen LogP contribution in [0.4, 0.5) is 0 Å². The highest BCUT2D eigenvalue weighted by Crippen LogP contribution is 2.33. The standard InChI is InChI=1S/C28H33BrN2O3/c1-4-6-17-30-28(33)24(5-2)31(18-22-13-8-7-11-20(22)3)26(32)19-34-25-16-15-21-12-9-10-14-23(21)27(25)29/h7-16,24H,4-6,17-19H2,1-3H3,(H,30,33)/t24-/m1/s1. The lowest BCUT2D eigenvalue weighted by molar-refractivity contribution is -0.143. The number of nitrogens with zero attached hydrogens (tertiary/aromatic N) is 1. The van der Waals surface area contributed by atoms with Gasteiger partial charge in [0, 0.05) is 13.1 Å². The summed E-state index contributed by atoms with van der Waals surface area (Å²) in [6, 6.07) is 19.2. The molecule has 0 heterocycles. The molecule has 3 aromatic rings. The highest BCUT2D eigenvalue weighted by molar-refractivity contribution is 9.10. The first kappa shape index (κ1) is 25.8. The predicted octanol–water partition coefficient (Wildman–Crippen LogP) is 6.01. The van der Waals surface area contributed by atoms with E-state index in [-0.39, 0.29) is 18.4 Å². The molecule has 3 aromatic carbocycles. The Morgan fingerprint density at radius 1 is 1.03 bits per heavy atom. The van der Waals surface area contributed by atoms with E-state index >= 15 is 0 Å². The first-order valence-electron chi connectivity index (χ1n) is 11.9. The van der Waals surface area contributed by atoms with Crippen molar-refractivity contribution >= 4 is 38.5 Å². The molecule has 1 atom stereocenters. The van der Waals surface area contributed by atoms with Crippen molar-refractivity contribution in [3.63, 3.8) is 0 Å². The van der Waals surface area contributed by atoms with E-state index in [1.165, 1.54) is 0 Å². The Hall–Kier alpha value is -2.86. The van der Waals surface area contributed by atoms with E-state index in [4.69, 9.17) is 4.74 Å². The fourth-order valence-electron chi connectivity index (χ4n) is 3.94. The van der Waals surface area contributed by atoms with E-state index in [1.807, 2.05) is 74.5 Å². The van der Waals surface area contributed by atoms with Crippen molar-refractivity contribution in [1.29, 1.82) is 0 Å². The number of carbonyl (C=O) groups is 2. The van der Waals surface area contributed by atoms with E-state index in [9.17, 15) is 9.59 Å². The highest BCUT2D eigenvalue weighted by Gasteiger charge is 2.29. The van der Waals surface area contributed by atoms with Gasteiger partial charge in [0.25, 0.3) is 5.91 Å². The Kier molecular flexibility index (Phi) is 9.52. The summed E-state index contributed by atoms with van der Waals surface area (Å²) >= 11 is 3.62. The van der Waals surface area contributed by atoms with Gasteiger partial charge in [-0.1, -0.05) is 74.9 Å². The van der Waals surface area contributed by atoms with Gasteiger partial charge in [-0.25, -0.2) is 0 Å². The first-order valence-corrected chi connectivity index (χ1v) is 12.7.